The minimum Gasteiger partial charge on any atom is -0.326 e. The summed E-state index contributed by atoms with van der Waals surface area (Å²) in [5.74, 6) is 0.878. The first-order chi connectivity index (χ1) is 15.1. The molecule has 1 aromatic carbocycles. The van der Waals surface area contributed by atoms with Gasteiger partial charge in [-0.2, -0.15) is 0 Å². The minimum absolute atomic E-state index is 0.302. The third-order valence-electron chi connectivity index (χ3n) is 7.01. The van der Waals surface area contributed by atoms with Crippen molar-refractivity contribution in [1.29, 1.82) is 0 Å². The Kier molecular flexibility index (Phi) is 7.13. The lowest BCUT2D eigenvalue weighted by Crippen LogP contribution is -2.67. The molecular formula is C24H39N7. The maximum atomic E-state index is 6.93. The topological polar surface area (TPSA) is 90.1 Å². The SMILES string of the molecule is CCN1CCCC1CN=C1NC(Nc2ccc(C)cc2)=NC(N)(C2CCCCCC2)N1. The maximum absolute atomic E-state index is 6.93. The Balaban J connectivity index is 1.55. The van der Waals surface area contributed by atoms with Crippen molar-refractivity contribution in [3.05, 3.63) is 29.8 Å². The first-order valence-corrected chi connectivity index (χ1v) is 12.1. The van der Waals surface area contributed by atoms with Crippen LogP contribution >= 0.6 is 0 Å². The molecule has 0 spiro atoms. The van der Waals surface area contributed by atoms with Crippen LogP contribution in [0.5, 0.6) is 0 Å². The molecule has 0 radical (unpaired) electrons. The van der Waals surface area contributed by atoms with Gasteiger partial charge in [-0.1, -0.05) is 50.3 Å². The fraction of sp³-hybridized carbons (Fsp3) is 0.667. The van der Waals surface area contributed by atoms with Gasteiger partial charge < -0.3 is 10.6 Å². The summed E-state index contributed by atoms with van der Waals surface area (Å²) < 4.78 is 0. The minimum atomic E-state index is -0.832. The number of nitrogens with two attached hydrogens (primary N) is 1. The molecule has 0 aromatic heterocycles. The summed E-state index contributed by atoms with van der Waals surface area (Å²) in [6.07, 6.45) is 9.69. The Morgan fingerprint density at radius 3 is 2.58 bits per heavy atom. The van der Waals surface area contributed by atoms with Crippen molar-refractivity contribution in [3.8, 4) is 0 Å². The van der Waals surface area contributed by atoms with Crippen LogP contribution in [0.2, 0.25) is 0 Å². The highest BCUT2D eigenvalue weighted by Gasteiger charge is 2.39. The third kappa shape index (κ3) is 5.57. The smallest absolute Gasteiger partial charge is 0.206 e. The molecule has 7 nitrogen and oxygen atoms in total. The van der Waals surface area contributed by atoms with E-state index in [1.807, 2.05) is 0 Å². The van der Waals surface area contributed by atoms with Gasteiger partial charge in [-0.15, -0.1) is 0 Å². The number of guanidine groups is 2. The van der Waals surface area contributed by atoms with E-state index in [4.69, 9.17) is 15.7 Å². The lowest BCUT2D eigenvalue weighted by atomic mass is 9.92. The van der Waals surface area contributed by atoms with E-state index in [0.717, 1.165) is 37.6 Å². The first-order valence-electron chi connectivity index (χ1n) is 12.1. The average Bonchev–Trinajstić information content (AvgIpc) is 3.03. The van der Waals surface area contributed by atoms with E-state index in [0.29, 0.717) is 17.9 Å². The Labute approximate surface area is 187 Å². The molecule has 5 N–H and O–H groups in total. The van der Waals surface area contributed by atoms with Gasteiger partial charge in [-0.05, 0) is 57.8 Å². The average molecular weight is 426 g/mol. The number of aryl methyl sites for hydroxylation is 1. The summed E-state index contributed by atoms with van der Waals surface area (Å²) in [7, 11) is 0. The number of likely N-dealkylation sites (tertiary alicyclic amines) is 1. The van der Waals surface area contributed by atoms with E-state index in [-0.39, 0.29) is 0 Å². The normalized spacial score (nSPS) is 29.2. The number of benzene rings is 1. The molecule has 0 bridgehead atoms. The third-order valence-corrected chi connectivity index (χ3v) is 7.01. The molecule has 170 valence electrons. The van der Waals surface area contributed by atoms with Gasteiger partial charge in [0.25, 0.3) is 0 Å². The lowest BCUT2D eigenvalue weighted by Gasteiger charge is -2.39. The predicted molar refractivity (Wildman–Crippen MR) is 129 cm³/mol. The Hall–Kier alpha value is -2.12. The quantitative estimate of drug-likeness (QED) is 0.543. The molecule has 7 heteroatoms. The summed E-state index contributed by atoms with van der Waals surface area (Å²) in [5, 5.41) is 10.3. The fourth-order valence-corrected chi connectivity index (χ4v) is 5.11. The fourth-order valence-electron chi connectivity index (χ4n) is 5.11. The van der Waals surface area contributed by atoms with E-state index < -0.39 is 5.79 Å². The molecule has 1 aromatic rings. The number of hydrogen-bond donors (Lipinski definition) is 4. The van der Waals surface area contributed by atoms with Gasteiger partial charge in [-0.25, -0.2) is 4.99 Å². The molecule has 3 aliphatic rings. The zero-order chi connectivity index (χ0) is 21.7. The second-order valence-electron chi connectivity index (χ2n) is 9.33. The number of nitrogens with one attached hydrogen (secondary N) is 3. The van der Waals surface area contributed by atoms with Gasteiger partial charge in [0.2, 0.25) is 11.9 Å². The highest BCUT2D eigenvalue weighted by molar-refractivity contribution is 6.07. The van der Waals surface area contributed by atoms with Crippen LogP contribution in [-0.2, 0) is 0 Å². The zero-order valence-electron chi connectivity index (χ0n) is 19.2. The molecule has 2 heterocycles. The molecule has 31 heavy (non-hydrogen) atoms. The molecular weight excluding hydrogens is 386 g/mol. The van der Waals surface area contributed by atoms with Gasteiger partial charge >= 0.3 is 0 Å². The van der Waals surface area contributed by atoms with Crippen molar-refractivity contribution < 1.29 is 0 Å². The largest absolute Gasteiger partial charge is 0.326 e. The summed E-state index contributed by atoms with van der Waals surface area (Å²) in [5.41, 5.74) is 9.16. The molecule has 2 unspecified atom stereocenters. The highest BCUT2D eigenvalue weighted by atomic mass is 15.4. The number of likely N-dealkylation sites (N-methyl/N-ethyl adjacent to an activating group) is 1. The second-order valence-corrected chi connectivity index (χ2v) is 9.33. The van der Waals surface area contributed by atoms with Crippen molar-refractivity contribution >= 4 is 17.6 Å². The molecule has 0 amide bonds. The monoisotopic (exact) mass is 425 g/mol. The molecule has 1 saturated carbocycles. The van der Waals surface area contributed by atoms with Crippen LogP contribution in [0.25, 0.3) is 0 Å². The maximum Gasteiger partial charge on any atom is 0.206 e. The Bertz CT molecular complexity index is 780. The number of rotatable bonds is 5. The van der Waals surface area contributed by atoms with Crippen LogP contribution in [0.3, 0.4) is 0 Å². The first kappa shape index (κ1) is 22.1. The number of hydrogen-bond acceptors (Lipinski definition) is 5. The highest BCUT2D eigenvalue weighted by Crippen LogP contribution is 2.31. The molecule has 2 atom stereocenters. The number of nitrogens with zero attached hydrogens (tertiary/aromatic N) is 3. The van der Waals surface area contributed by atoms with E-state index >= 15 is 0 Å². The van der Waals surface area contributed by atoms with Crippen molar-refractivity contribution in [2.45, 2.75) is 77.0 Å². The Morgan fingerprint density at radius 1 is 1.13 bits per heavy atom. The van der Waals surface area contributed by atoms with E-state index in [1.165, 1.54) is 50.6 Å². The standard InChI is InChI=1S/C24H39N7/c1-3-31-16-8-11-21(31)17-26-22-28-23(27-20-14-12-18(2)13-15-20)30-24(25,29-22)19-9-6-4-5-7-10-19/h12-15,19,21H,3-11,16-17,25H2,1-2H3,(H3,26,27,28,29,30). The van der Waals surface area contributed by atoms with Crippen molar-refractivity contribution in [2.24, 2.45) is 21.6 Å². The second kappa shape index (κ2) is 10.0. The number of anilines is 1. The van der Waals surface area contributed by atoms with Crippen LogP contribution in [0, 0.1) is 12.8 Å². The van der Waals surface area contributed by atoms with Crippen LogP contribution < -0.4 is 21.7 Å². The van der Waals surface area contributed by atoms with Crippen LogP contribution in [0.1, 0.15) is 63.9 Å². The zero-order valence-corrected chi connectivity index (χ0v) is 19.2. The lowest BCUT2D eigenvalue weighted by molar-refractivity contribution is 0.226. The van der Waals surface area contributed by atoms with Gasteiger partial charge in [0.05, 0.1) is 6.54 Å². The van der Waals surface area contributed by atoms with Crippen molar-refractivity contribution in [1.82, 2.24) is 15.5 Å². The summed E-state index contributed by atoms with van der Waals surface area (Å²) >= 11 is 0. The van der Waals surface area contributed by atoms with Crippen LogP contribution in [-0.4, -0.2) is 48.3 Å². The molecule has 2 aliphatic heterocycles. The van der Waals surface area contributed by atoms with Crippen molar-refractivity contribution in [2.75, 3.05) is 25.0 Å². The van der Waals surface area contributed by atoms with Gasteiger partial charge in [0, 0.05) is 17.6 Å². The summed E-state index contributed by atoms with van der Waals surface area (Å²) in [6.45, 7) is 7.37. The van der Waals surface area contributed by atoms with E-state index in [2.05, 4.69) is 59.0 Å². The molecule has 2 fully saturated rings. The summed E-state index contributed by atoms with van der Waals surface area (Å²) in [4.78, 5) is 12.4. The van der Waals surface area contributed by atoms with Crippen molar-refractivity contribution in [3.63, 3.8) is 0 Å². The van der Waals surface area contributed by atoms with Crippen LogP contribution in [0.4, 0.5) is 5.69 Å². The van der Waals surface area contributed by atoms with E-state index in [9.17, 15) is 0 Å². The van der Waals surface area contributed by atoms with E-state index in [1.54, 1.807) is 0 Å². The predicted octanol–water partition coefficient (Wildman–Crippen LogP) is 3.38. The van der Waals surface area contributed by atoms with Gasteiger partial charge in [0.1, 0.15) is 0 Å². The number of aliphatic imine (C=N–C) groups is 2. The van der Waals surface area contributed by atoms with Crippen LogP contribution in [0.15, 0.2) is 34.3 Å². The molecule has 4 rings (SSSR count). The van der Waals surface area contributed by atoms with Gasteiger partial charge in [0.15, 0.2) is 5.79 Å². The molecule has 1 aliphatic carbocycles. The summed E-state index contributed by atoms with van der Waals surface area (Å²) in [6, 6.07) is 8.84. The Morgan fingerprint density at radius 2 is 1.87 bits per heavy atom. The molecule has 1 saturated heterocycles. The van der Waals surface area contributed by atoms with Gasteiger partial charge in [-0.3, -0.25) is 20.9 Å².